The number of carbonyl (C=O) groups excluding carboxylic acids is 1. The Morgan fingerprint density at radius 3 is 2.71 bits per heavy atom. The SMILES string of the molecule is CC1(O)N(CCC#N)C(=O)OC12CCCCC2. The van der Waals surface area contributed by atoms with Crippen LogP contribution in [0.1, 0.15) is 45.4 Å². The molecule has 1 unspecified atom stereocenters. The minimum Gasteiger partial charge on any atom is -0.438 e. The van der Waals surface area contributed by atoms with Gasteiger partial charge >= 0.3 is 6.09 Å². The zero-order valence-electron chi connectivity index (χ0n) is 10.1. The number of carbonyl (C=O) groups is 1. The predicted octanol–water partition coefficient (Wildman–Crippen LogP) is 1.76. The number of ether oxygens (including phenoxy) is 1. The molecule has 1 saturated heterocycles. The molecule has 1 heterocycles. The van der Waals surface area contributed by atoms with E-state index in [9.17, 15) is 9.90 Å². The van der Waals surface area contributed by atoms with Crippen molar-refractivity contribution >= 4 is 6.09 Å². The fourth-order valence-electron chi connectivity index (χ4n) is 2.91. The Balaban J connectivity index is 2.21. The average molecular weight is 238 g/mol. The van der Waals surface area contributed by atoms with Gasteiger partial charge in [-0.25, -0.2) is 4.79 Å². The van der Waals surface area contributed by atoms with E-state index in [-0.39, 0.29) is 13.0 Å². The average Bonchev–Trinajstić information content (AvgIpc) is 2.46. The highest BCUT2D eigenvalue weighted by molar-refractivity contribution is 5.72. The van der Waals surface area contributed by atoms with Crippen LogP contribution in [-0.4, -0.2) is 34.0 Å². The van der Waals surface area contributed by atoms with E-state index in [0.717, 1.165) is 19.3 Å². The molecule has 1 spiro atoms. The molecule has 1 saturated carbocycles. The van der Waals surface area contributed by atoms with Gasteiger partial charge in [0.25, 0.3) is 0 Å². The van der Waals surface area contributed by atoms with Crippen LogP contribution in [0.5, 0.6) is 0 Å². The molecular formula is C12H18N2O3. The van der Waals surface area contributed by atoms with E-state index >= 15 is 0 Å². The molecule has 0 aromatic carbocycles. The van der Waals surface area contributed by atoms with E-state index in [2.05, 4.69) is 0 Å². The fraction of sp³-hybridized carbons (Fsp3) is 0.833. The van der Waals surface area contributed by atoms with Crippen molar-refractivity contribution in [2.24, 2.45) is 0 Å². The number of hydrogen-bond acceptors (Lipinski definition) is 4. The Labute approximate surface area is 101 Å². The lowest BCUT2D eigenvalue weighted by Gasteiger charge is -2.41. The fourth-order valence-corrected chi connectivity index (χ4v) is 2.91. The summed E-state index contributed by atoms with van der Waals surface area (Å²) < 4.78 is 5.44. The Bertz CT molecular complexity index is 353. The molecule has 5 heteroatoms. The Hall–Kier alpha value is -1.28. The largest absolute Gasteiger partial charge is 0.438 e. The molecule has 17 heavy (non-hydrogen) atoms. The quantitative estimate of drug-likeness (QED) is 0.795. The smallest absolute Gasteiger partial charge is 0.412 e. The highest BCUT2D eigenvalue weighted by Gasteiger charge is 2.61. The van der Waals surface area contributed by atoms with E-state index < -0.39 is 17.4 Å². The lowest BCUT2D eigenvalue weighted by atomic mass is 9.77. The van der Waals surface area contributed by atoms with Crippen molar-refractivity contribution in [1.82, 2.24) is 4.90 Å². The molecule has 0 aromatic heterocycles. The van der Waals surface area contributed by atoms with Gasteiger partial charge in [-0.1, -0.05) is 6.42 Å². The zero-order chi connectivity index (χ0) is 12.5. The van der Waals surface area contributed by atoms with Gasteiger partial charge in [0.15, 0.2) is 11.3 Å². The number of hydrogen-bond donors (Lipinski definition) is 1. The summed E-state index contributed by atoms with van der Waals surface area (Å²) >= 11 is 0. The highest BCUT2D eigenvalue weighted by atomic mass is 16.6. The van der Waals surface area contributed by atoms with Crippen molar-refractivity contribution in [3.8, 4) is 6.07 Å². The van der Waals surface area contributed by atoms with Gasteiger partial charge in [0.1, 0.15) is 0 Å². The number of nitriles is 1. The van der Waals surface area contributed by atoms with Crippen molar-refractivity contribution < 1.29 is 14.6 Å². The molecule has 1 aliphatic heterocycles. The van der Waals surface area contributed by atoms with Crippen LogP contribution >= 0.6 is 0 Å². The summed E-state index contributed by atoms with van der Waals surface area (Å²) in [5.74, 6) is 0. The van der Waals surface area contributed by atoms with E-state index in [1.54, 1.807) is 6.92 Å². The molecular weight excluding hydrogens is 220 g/mol. The van der Waals surface area contributed by atoms with Gasteiger partial charge in [-0.3, -0.25) is 4.90 Å². The summed E-state index contributed by atoms with van der Waals surface area (Å²) in [5, 5.41) is 19.2. The first-order valence-electron chi connectivity index (χ1n) is 6.13. The molecule has 2 fully saturated rings. The summed E-state index contributed by atoms with van der Waals surface area (Å²) in [7, 11) is 0. The summed E-state index contributed by atoms with van der Waals surface area (Å²) in [6, 6.07) is 1.98. The monoisotopic (exact) mass is 238 g/mol. The normalized spacial score (nSPS) is 31.4. The van der Waals surface area contributed by atoms with Gasteiger partial charge in [-0.2, -0.15) is 5.26 Å². The second kappa shape index (κ2) is 4.19. The number of amides is 1. The molecule has 1 N–H and O–H groups in total. The Kier molecular flexibility index (Phi) is 3.00. The third-order valence-electron chi connectivity index (χ3n) is 4.00. The zero-order valence-corrected chi connectivity index (χ0v) is 10.1. The highest BCUT2D eigenvalue weighted by Crippen LogP contribution is 2.46. The van der Waals surface area contributed by atoms with Crippen molar-refractivity contribution in [2.45, 2.75) is 56.8 Å². The summed E-state index contributed by atoms with van der Waals surface area (Å²) in [5.41, 5.74) is -2.06. The van der Waals surface area contributed by atoms with Gasteiger partial charge < -0.3 is 9.84 Å². The maximum absolute atomic E-state index is 11.8. The maximum atomic E-state index is 11.8. The van der Waals surface area contributed by atoms with E-state index in [1.165, 1.54) is 4.90 Å². The van der Waals surface area contributed by atoms with Gasteiger partial charge in [-0.15, -0.1) is 0 Å². The molecule has 1 aliphatic carbocycles. The standard InChI is InChI=1S/C12H18N2O3/c1-11(16)12(6-3-2-4-7-12)17-10(15)14(11)9-5-8-13/h16H,2-7,9H2,1H3. The number of nitrogens with zero attached hydrogens (tertiary/aromatic N) is 2. The van der Waals surface area contributed by atoms with Crippen molar-refractivity contribution in [3.63, 3.8) is 0 Å². The first-order chi connectivity index (χ1) is 8.03. The third-order valence-corrected chi connectivity index (χ3v) is 4.00. The van der Waals surface area contributed by atoms with Crippen LogP contribution in [0, 0.1) is 11.3 Å². The van der Waals surface area contributed by atoms with Gasteiger partial charge in [0, 0.05) is 6.54 Å². The van der Waals surface area contributed by atoms with Crippen LogP contribution in [-0.2, 0) is 4.74 Å². The second-order valence-corrected chi connectivity index (χ2v) is 5.00. The van der Waals surface area contributed by atoms with Crippen LogP contribution < -0.4 is 0 Å². The molecule has 0 bridgehead atoms. The van der Waals surface area contributed by atoms with Gasteiger partial charge in [0.2, 0.25) is 0 Å². The minimum atomic E-state index is -1.29. The molecule has 2 aliphatic rings. The molecule has 5 nitrogen and oxygen atoms in total. The first kappa shape index (κ1) is 12.2. The number of aliphatic hydroxyl groups is 1. The Morgan fingerprint density at radius 2 is 2.12 bits per heavy atom. The predicted molar refractivity (Wildman–Crippen MR) is 59.9 cm³/mol. The van der Waals surface area contributed by atoms with Crippen LogP contribution in [0.3, 0.4) is 0 Å². The van der Waals surface area contributed by atoms with Crippen molar-refractivity contribution in [1.29, 1.82) is 5.26 Å². The topological polar surface area (TPSA) is 73.6 Å². The van der Waals surface area contributed by atoms with E-state index in [4.69, 9.17) is 10.00 Å². The maximum Gasteiger partial charge on any atom is 0.412 e. The molecule has 94 valence electrons. The third kappa shape index (κ3) is 1.77. The van der Waals surface area contributed by atoms with E-state index in [1.807, 2.05) is 6.07 Å². The van der Waals surface area contributed by atoms with Crippen LogP contribution in [0.4, 0.5) is 4.79 Å². The second-order valence-electron chi connectivity index (χ2n) is 5.00. The minimum absolute atomic E-state index is 0.210. The lowest BCUT2D eigenvalue weighted by Crippen LogP contribution is -2.57. The van der Waals surface area contributed by atoms with E-state index in [0.29, 0.717) is 12.8 Å². The van der Waals surface area contributed by atoms with Crippen LogP contribution in [0.15, 0.2) is 0 Å². The first-order valence-corrected chi connectivity index (χ1v) is 6.13. The summed E-state index contributed by atoms with van der Waals surface area (Å²) in [6.07, 6.45) is 4.18. The molecule has 0 radical (unpaired) electrons. The number of rotatable bonds is 2. The molecule has 0 aromatic rings. The molecule has 1 amide bonds. The van der Waals surface area contributed by atoms with Gasteiger partial charge in [-0.05, 0) is 32.6 Å². The van der Waals surface area contributed by atoms with Crippen molar-refractivity contribution in [3.05, 3.63) is 0 Å². The van der Waals surface area contributed by atoms with Crippen molar-refractivity contribution in [2.75, 3.05) is 6.54 Å². The summed E-state index contributed by atoms with van der Waals surface area (Å²) in [4.78, 5) is 13.1. The van der Waals surface area contributed by atoms with Crippen LogP contribution in [0.25, 0.3) is 0 Å². The van der Waals surface area contributed by atoms with Crippen LogP contribution in [0.2, 0.25) is 0 Å². The lowest BCUT2D eigenvalue weighted by molar-refractivity contribution is -0.158. The van der Waals surface area contributed by atoms with Gasteiger partial charge in [0.05, 0.1) is 12.5 Å². The summed E-state index contributed by atoms with van der Waals surface area (Å²) in [6.45, 7) is 1.85. The molecule has 2 rings (SSSR count). The Morgan fingerprint density at radius 1 is 1.47 bits per heavy atom. The molecule has 1 atom stereocenters.